The molecule has 1 heterocycles. The molecule has 2 rings (SSSR count). The Kier molecular flexibility index (Phi) is 4.13. The lowest BCUT2D eigenvalue weighted by Crippen LogP contribution is -2.22. The van der Waals surface area contributed by atoms with Gasteiger partial charge in [0, 0.05) is 12.4 Å². The van der Waals surface area contributed by atoms with Crippen LogP contribution in [0.4, 0.5) is 0 Å². The zero-order valence-corrected chi connectivity index (χ0v) is 10.0. The molecule has 0 aliphatic heterocycles. The van der Waals surface area contributed by atoms with Gasteiger partial charge in [-0.1, -0.05) is 18.9 Å². The molecular weight excluding hydrogens is 214 g/mol. The number of hydrogen-bond donors (Lipinski definition) is 1. The van der Waals surface area contributed by atoms with Crippen molar-refractivity contribution in [1.82, 2.24) is 4.98 Å². The third kappa shape index (κ3) is 3.29. The van der Waals surface area contributed by atoms with Crippen molar-refractivity contribution in [3.63, 3.8) is 0 Å². The Bertz CT molecular complexity index is 358. The van der Waals surface area contributed by atoms with E-state index in [9.17, 15) is 9.90 Å². The van der Waals surface area contributed by atoms with Gasteiger partial charge in [0.15, 0.2) is 0 Å². The molecule has 1 aliphatic carbocycles. The molecule has 17 heavy (non-hydrogen) atoms. The van der Waals surface area contributed by atoms with Gasteiger partial charge in [0.1, 0.15) is 0 Å². The molecule has 92 valence electrons. The minimum atomic E-state index is -0.624. The van der Waals surface area contributed by atoms with Crippen LogP contribution in [0.3, 0.4) is 0 Å². The molecule has 1 aromatic rings. The van der Waals surface area contributed by atoms with Crippen molar-refractivity contribution in [2.45, 2.75) is 38.5 Å². The van der Waals surface area contributed by atoms with Crippen LogP contribution in [0, 0.1) is 11.8 Å². The maximum atomic E-state index is 11.3. The van der Waals surface area contributed by atoms with Gasteiger partial charge in [-0.25, -0.2) is 0 Å². The number of aromatic nitrogens is 1. The minimum Gasteiger partial charge on any atom is -0.481 e. The summed E-state index contributed by atoms with van der Waals surface area (Å²) >= 11 is 0. The van der Waals surface area contributed by atoms with E-state index in [1.165, 1.54) is 12.8 Å². The van der Waals surface area contributed by atoms with Gasteiger partial charge in [-0.2, -0.15) is 0 Å². The van der Waals surface area contributed by atoms with Crippen LogP contribution in [0.2, 0.25) is 0 Å². The van der Waals surface area contributed by atoms with Gasteiger partial charge in [-0.05, 0) is 43.2 Å². The second-order valence-corrected chi connectivity index (χ2v) is 4.89. The van der Waals surface area contributed by atoms with Crippen LogP contribution < -0.4 is 0 Å². The van der Waals surface area contributed by atoms with Crippen LogP contribution >= 0.6 is 0 Å². The summed E-state index contributed by atoms with van der Waals surface area (Å²) in [6.45, 7) is 0. The number of aliphatic carboxylic acids is 1. The van der Waals surface area contributed by atoms with E-state index in [0.717, 1.165) is 31.2 Å². The number of pyridine rings is 1. The number of carboxylic acid groups (broad SMARTS) is 1. The average molecular weight is 233 g/mol. The number of aryl methyl sites for hydroxylation is 1. The van der Waals surface area contributed by atoms with Gasteiger partial charge in [-0.15, -0.1) is 0 Å². The molecule has 1 unspecified atom stereocenters. The molecule has 1 aliphatic rings. The Balaban J connectivity index is 1.92. The number of carboxylic acids is 1. The maximum Gasteiger partial charge on any atom is 0.306 e. The lowest BCUT2D eigenvalue weighted by Gasteiger charge is -2.18. The Morgan fingerprint density at radius 1 is 1.47 bits per heavy atom. The first-order chi connectivity index (χ1) is 8.27. The summed E-state index contributed by atoms with van der Waals surface area (Å²) in [5, 5.41) is 9.30. The molecule has 3 heteroatoms. The number of rotatable bonds is 5. The van der Waals surface area contributed by atoms with Crippen LogP contribution in [-0.2, 0) is 11.2 Å². The first-order valence-electron chi connectivity index (χ1n) is 6.39. The summed E-state index contributed by atoms with van der Waals surface area (Å²) in [7, 11) is 0. The first kappa shape index (κ1) is 12.1. The van der Waals surface area contributed by atoms with Crippen molar-refractivity contribution in [2.24, 2.45) is 11.8 Å². The quantitative estimate of drug-likeness (QED) is 0.850. The van der Waals surface area contributed by atoms with E-state index >= 15 is 0 Å². The molecule has 1 N–H and O–H groups in total. The third-order valence-corrected chi connectivity index (χ3v) is 3.75. The fourth-order valence-electron chi connectivity index (χ4n) is 2.79. The van der Waals surface area contributed by atoms with E-state index in [1.807, 2.05) is 18.3 Å². The van der Waals surface area contributed by atoms with Crippen molar-refractivity contribution in [2.75, 3.05) is 0 Å². The summed E-state index contributed by atoms with van der Waals surface area (Å²) in [5.74, 6) is -0.400. The van der Waals surface area contributed by atoms with Crippen molar-refractivity contribution in [3.8, 4) is 0 Å². The molecule has 0 bridgehead atoms. The van der Waals surface area contributed by atoms with Crippen LogP contribution in [0.15, 0.2) is 24.5 Å². The van der Waals surface area contributed by atoms with E-state index in [1.54, 1.807) is 6.20 Å². The molecular formula is C14H19NO2. The number of carbonyl (C=O) groups is 1. The Labute approximate surface area is 102 Å². The largest absolute Gasteiger partial charge is 0.481 e. The zero-order chi connectivity index (χ0) is 12.1. The summed E-state index contributed by atoms with van der Waals surface area (Å²) < 4.78 is 0. The van der Waals surface area contributed by atoms with E-state index < -0.39 is 5.97 Å². The highest BCUT2D eigenvalue weighted by atomic mass is 16.4. The molecule has 0 aromatic carbocycles. The molecule has 1 saturated carbocycles. The monoisotopic (exact) mass is 233 g/mol. The van der Waals surface area contributed by atoms with Crippen LogP contribution in [-0.4, -0.2) is 16.1 Å². The van der Waals surface area contributed by atoms with Gasteiger partial charge in [0.25, 0.3) is 0 Å². The predicted octanol–water partition coefficient (Wildman–Crippen LogP) is 2.91. The minimum absolute atomic E-state index is 0.169. The predicted molar refractivity (Wildman–Crippen MR) is 65.6 cm³/mol. The highest BCUT2D eigenvalue weighted by Crippen LogP contribution is 2.33. The van der Waals surface area contributed by atoms with Crippen molar-refractivity contribution >= 4 is 5.97 Å². The van der Waals surface area contributed by atoms with Gasteiger partial charge in [-0.3, -0.25) is 9.78 Å². The lowest BCUT2D eigenvalue weighted by molar-refractivity contribution is -0.143. The summed E-state index contributed by atoms with van der Waals surface area (Å²) in [6.07, 6.45) is 9.70. The van der Waals surface area contributed by atoms with E-state index in [2.05, 4.69) is 4.98 Å². The lowest BCUT2D eigenvalue weighted by atomic mass is 9.86. The molecule has 1 aromatic heterocycles. The smallest absolute Gasteiger partial charge is 0.306 e. The Morgan fingerprint density at radius 3 is 2.82 bits per heavy atom. The third-order valence-electron chi connectivity index (χ3n) is 3.75. The fraction of sp³-hybridized carbons (Fsp3) is 0.571. The van der Waals surface area contributed by atoms with Gasteiger partial charge in [0.2, 0.25) is 0 Å². The first-order valence-corrected chi connectivity index (χ1v) is 6.39. The van der Waals surface area contributed by atoms with E-state index in [-0.39, 0.29) is 5.92 Å². The van der Waals surface area contributed by atoms with Crippen molar-refractivity contribution < 1.29 is 9.90 Å². The molecule has 0 spiro atoms. The Hall–Kier alpha value is -1.38. The molecule has 1 fully saturated rings. The maximum absolute atomic E-state index is 11.3. The summed E-state index contributed by atoms with van der Waals surface area (Å²) in [5.41, 5.74) is 1.14. The van der Waals surface area contributed by atoms with Gasteiger partial charge < -0.3 is 5.11 Å². The van der Waals surface area contributed by atoms with Crippen LogP contribution in [0.25, 0.3) is 0 Å². The summed E-state index contributed by atoms with van der Waals surface area (Å²) in [6, 6.07) is 3.92. The van der Waals surface area contributed by atoms with Crippen molar-refractivity contribution in [3.05, 3.63) is 30.1 Å². The SMILES string of the molecule is O=C(O)C(CCc1cccnc1)C1CCCC1. The standard InChI is InChI=1S/C14H19NO2/c16-14(17)13(12-5-1-2-6-12)8-7-11-4-3-9-15-10-11/h3-4,9-10,12-13H,1-2,5-8H2,(H,16,17). The molecule has 0 amide bonds. The normalized spacial score (nSPS) is 18.1. The topological polar surface area (TPSA) is 50.2 Å². The highest BCUT2D eigenvalue weighted by Gasteiger charge is 2.29. The number of hydrogen-bond acceptors (Lipinski definition) is 2. The van der Waals surface area contributed by atoms with E-state index in [0.29, 0.717) is 5.92 Å². The second kappa shape index (κ2) is 5.80. The van der Waals surface area contributed by atoms with Gasteiger partial charge in [0.05, 0.1) is 5.92 Å². The van der Waals surface area contributed by atoms with Crippen LogP contribution in [0.5, 0.6) is 0 Å². The van der Waals surface area contributed by atoms with Gasteiger partial charge >= 0.3 is 5.97 Å². The fourth-order valence-corrected chi connectivity index (χ4v) is 2.79. The van der Waals surface area contributed by atoms with E-state index in [4.69, 9.17) is 0 Å². The summed E-state index contributed by atoms with van der Waals surface area (Å²) in [4.78, 5) is 15.3. The van der Waals surface area contributed by atoms with Crippen LogP contribution in [0.1, 0.15) is 37.7 Å². The zero-order valence-electron chi connectivity index (χ0n) is 10.0. The molecule has 1 atom stereocenters. The highest BCUT2D eigenvalue weighted by molar-refractivity contribution is 5.70. The molecule has 3 nitrogen and oxygen atoms in total. The molecule has 0 saturated heterocycles. The number of nitrogens with zero attached hydrogens (tertiary/aromatic N) is 1. The Morgan fingerprint density at radius 2 is 2.24 bits per heavy atom. The molecule has 0 radical (unpaired) electrons. The second-order valence-electron chi connectivity index (χ2n) is 4.89. The average Bonchev–Trinajstić information content (AvgIpc) is 2.84. The van der Waals surface area contributed by atoms with Crippen molar-refractivity contribution in [1.29, 1.82) is 0 Å².